The first-order chi connectivity index (χ1) is 10.7. The largest absolute Gasteiger partial charge is 0.493 e. The highest BCUT2D eigenvalue weighted by atomic mass is 32.2. The molecule has 1 unspecified atom stereocenters. The van der Waals surface area contributed by atoms with E-state index in [1.165, 1.54) is 7.11 Å². The van der Waals surface area contributed by atoms with Crippen molar-refractivity contribution in [2.45, 2.75) is 31.7 Å². The molecule has 7 heteroatoms. The summed E-state index contributed by atoms with van der Waals surface area (Å²) < 4.78 is 33.5. The minimum atomic E-state index is -3.02. The predicted molar refractivity (Wildman–Crippen MR) is 87.8 cm³/mol. The summed E-state index contributed by atoms with van der Waals surface area (Å²) in [5.41, 5.74) is -0.0418. The Bertz CT molecular complexity index is 696. The maximum absolute atomic E-state index is 12.6. The average molecular weight is 341 g/mol. The number of carbonyl (C=O) groups is 1. The summed E-state index contributed by atoms with van der Waals surface area (Å²) in [4.78, 5) is 12.6. The number of hydrogen-bond acceptors (Lipinski definition) is 5. The SMILES string of the molecule is COc1ccc(C(C)(C)C(=O)NC2CCS(=O)(=O)C2)cc1OC. The lowest BCUT2D eigenvalue weighted by Gasteiger charge is -2.26. The molecule has 1 atom stereocenters. The topological polar surface area (TPSA) is 81.7 Å². The zero-order valence-electron chi connectivity index (χ0n) is 13.9. The lowest BCUT2D eigenvalue weighted by Crippen LogP contribution is -2.45. The quantitative estimate of drug-likeness (QED) is 0.872. The molecular weight excluding hydrogens is 318 g/mol. The van der Waals surface area contributed by atoms with Crippen molar-refractivity contribution in [1.82, 2.24) is 5.32 Å². The Labute approximate surface area is 137 Å². The van der Waals surface area contributed by atoms with Gasteiger partial charge in [0.1, 0.15) is 0 Å². The van der Waals surface area contributed by atoms with Gasteiger partial charge >= 0.3 is 0 Å². The lowest BCUT2D eigenvalue weighted by atomic mass is 9.83. The van der Waals surface area contributed by atoms with Crippen molar-refractivity contribution in [3.8, 4) is 11.5 Å². The monoisotopic (exact) mass is 341 g/mol. The van der Waals surface area contributed by atoms with Crippen molar-refractivity contribution in [1.29, 1.82) is 0 Å². The molecule has 1 amide bonds. The van der Waals surface area contributed by atoms with Crippen molar-refractivity contribution in [3.05, 3.63) is 23.8 Å². The van der Waals surface area contributed by atoms with Gasteiger partial charge in [0, 0.05) is 6.04 Å². The van der Waals surface area contributed by atoms with E-state index in [1.54, 1.807) is 33.1 Å². The number of sulfone groups is 1. The summed E-state index contributed by atoms with van der Waals surface area (Å²) in [5, 5.41) is 2.85. The molecule has 0 bridgehead atoms. The van der Waals surface area contributed by atoms with Crippen LogP contribution < -0.4 is 14.8 Å². The summed E-state index contributed by atoms with van der Waals surface area (Å²) in [6.07, 6.45) is 0.468. The van der Waals surface area contributed by atoms with E-state index >= 15 is 0 Å². The van der Waals surface area contributed by atoms with Crippen LogP contribution in [-0.2, 0) is 20.0 Å². The second-order valence-electron chi connectivity index (χ2n) is 6.27. The van der Waals surface area contributed by atoms with Crippen LogP contribution in [-0.4, -0.2) is 46.1 Å². The molecule has 1 heterocycles. The Morgan fingerprint density at radius 1 is 1.22 bits per heavy atom. The van der Waals surface area contributed by atoms with Gasteiger partial charge in [0.05, 0.1) is 31.1 Å². The van der Waals surface area contributed by atoms with Crippen LogP contribution >= 0.6 is 0 Å². The fraction of sp³-hybridized carbons (Fsp3) is 0.562. The highest BCUT2D eigenvalue weighted by Crippen LogP contribution is 2.33. The number of carbonyl (C=O) groups excluding carboxylic acids is 1. The number of rotatable bonds is 5. The molecule has 1 aromatic rings. The van der Waals surface area contributed by atoms with Gasteiger partial charge in [-0.05, 0) is 38.0 Å². The number of hydrogen-bond donors (Lipinski definition) is 1. The maximum atomic E-state index is 12.6. The third-order valence-electron chi connectivity index (χ3n) is 4.24. The summed E-state index contributed by atoms with van der Waals surface area (Å²) in [6, 6.07) is 5.02. The zero-order valence-corrected chi connectivity index (χ0v) is 14.7. The summed E-state index contributed by atoms with van der Waals surface area (Å²) in [7, 11) is 0.0691. The molecule has 1 aliphatic rings. The maximum Gasteiger partial charge on any atom is 0.230 e. The Balaban J connectivity index is 2.18. The van der Waals surface area contributed by atoms with E-state index in [2.05, 4.69) is 5.32 Å². The molecule has 0 spiro atoms. The van der Waals surface area contributed by atoms with Gasteiger partial charge in [0.2, 0.25) is 5.91 Å². The fourth-order valence-electron chi connectivity index (χ4n) is 2.63. The Hall–Kier alpha value is -1.76. The van der Waals surface area contributed by atoms with Gasteiger partial charge in [0.25, 0.3) is 0 Å². The van der Waals surface area contributed by atoms with Crippen molar-refractivity contribution in [3.63, 3.8) is 0 Å². The second-order valence-corrected chi connectivity index (χ2v) is 8.50. The van der Waals surface area contributed by atoms with E-state index in [-0.39, 0.29) is 23.5 Å². The van der Waals surface area contributed by atoms with Crippen LogP contribution in [0.15, 0.2) is 18.2 Å². The van der Waals surface area contributed by atoms with Crippen molar-refractivity contribution >= 4 is 15.7 Å². The fourth-order valence-corrected chi connectivity index (χ4v) is 4.30. The molecule has 23 heavy (non-hydrogen) atoms. The van der Waals surface area contributed by atoms with E-state index in [1.807, 2.05) is 6.07 Å². The summed E-state index contributed by atoms with van der Waals surface area (Å²) in [6.45, 7) is 3.60. The zero-order chi connectivity index (χ0) is 17.3. The highest BCUT2D eigenvalue weighted by Gasteiger charge is 2.35. The summed E-state index contributed by atoms with van der Waals surface area (Å²) in [5.74, 6) is 1.09. The van der Waals surface area contributed by atoms with Crippen LogP contribution in [0, 0.1) is 0 Å². The molecule has 1 fully saturated rings. The first-order valence-electron chi connectivity index (χ1n) is 7.43. The standard InChI is InChI=1S/C16H23NO5S/c1-16(2,11-5-6-13(21-3)14(9-11)22-4)15(18)17-12-7-8-23(19,20)10-12/h5-6,9,12H,7-8,10H2,1-4H3,(H,17,18). The molecular formula is C16H23NO5S. The molecule has 6 nitrogen and oxygen atoms in total. The van der Waals surface area contributed by atoms with E-state index in [0.717, 1.165) is 5.56 Å². The number of benzene rings is 1. The van der Waals surface area contributed by atoms with Gasteiger partial charge in [-0.3, -0.25) is 4.79 Å². The van der Waals surface area contributed by atoms with Crippen molar-refractivity contribution < 1.29 is 22.7 Å². The van der Waals surface area contributed by atoms with E-state index in [0.29, 0.717) is 17.9 Å². The molecule has 1 aromatic carbocycles. The molecule has 0 aliphatic carbocycles. The van der Waals surface area contributed by atoms with Crippen molar-refractivity contribution in [2.75, 3.05) is 25.7 Å². The molecule has 0 aromatic heterocycles. The molecule has 128 valence electrons. The van der Waals surface area contributed by atoms with Crippen LogP contribution in [0.2, 0.25) is 0 Å². The third-order valence-corrected chi connectivity index (χ3v) is 6.01. The van der Waals surface area contributed by atoms with Crippen LogP contribution in [0.4, 0.5) is 0 Å². The highest BCUT2D eigenvalue weighted by molar-refractivity contribution is 7.91. The molecule has 0 saturated carbocycles. The van der Waals surface area contributed by atoms with Crippen molar-refractivity contribution in [2.24, 2.45) is 0 Å². The molecule has 1 N–H and O–H groups in total. The van der Waals surface area contributed by atoms with Gasteiger partial charge in [-0.2, -0.15) is 0 Å². The normalized spacial score (nSPS) is 20.1. The van der Waals surface area contributed by atoms with Crippen LogP contribution in [0.1, 0.15) is 25.8 Å². The van der Waals surface area contributed by atoms with Crippen LogP contribution in [0.3, 0.4) is 0 Å². The first-order valence-corrected chi connectivity index (χ1v) is 9.25. The lowest BCUT2D eigenvalue weighted by molar-refractivity contribution is -0.126. The van der Waals surface area contributed by atoms with Crippen LogP contribution in [0.5, 0.6) is 11.5 Å². The van der Waals surface area contributed by atoms with E-state index in [4.69, 9.17) is 9.47 Å². The van der Waals surface area contributed by atoms with Crippen LogP contribution in [0.25, 0.3) is 0 Å². The van der Waals surface area contributed by atoms with Gasteiger partial charge in [-0.25, -0.2) is 8.42 Å². The Morgan fingerprint density at radius 3 is 2.39 bits per heavy atom. The molecule has 2 rings (SSSR count). The Morgan fingerprint density at radius 2 is 1.87 bits per heavy atom. The molecule has 1 saturated heterocycles. The summed E-state index contributed by atoms with van der Waals surface area (Å²) >= 11 is 0. The van der Waals surface area contributed by atoms with E-state index in [9.17, 15) is 13.2 Å². The molecule has 1 aliphatic heterocycles. The Kier molecular flexibility index (Phi) is 4.89. The predicted octanol–water partition coefficient (Wildman–Crippen LogP) is 1.28. The van der Waals surface area contributed by atoms with Gasteiger partial charge < -0.3 is 14.8 Å². The van der Waals surface area contributed by atoms with Gasteiger partial charge in [0.15, 0.2) is 21.3 Å². The van der Waals surface area contributed by atoms with Gasteiger partial charge in [-0.1, -0.05) is 6.07 Å². The average Bonchev–Trinajstić information content (AvgIpc) is 2.85. The number of nitrogens with one attached hydrogen (secondary N) is 1. The molecule has 0 radical (unpaired) electrons. The smallest absolute Gasteiger partial charge is 0.230 e. The minimum Gasteiger partial charge on any atom is -0.493 e. The van der Waals surface area contributed by atoms with E-state index < -0.39 is 15.3 Å². The number of methoxy groups -OCH3 is 2. The van der Waals surface area contributed by atoms with Gasteiger partial charge in [-0.15, -0.1) is 0 Å². The second kappa shape index (κ2) is 6.39. The first kappa shape index (κ1) is 17.6. The third kappa shape index (κ3) is 3.77. The minimum absolute atomic E-state index is 0.0146. The number of ether oxygens (including phenoxy) is 2. The number of amides is 1.